The van der Waals surface area contributed by atoms with Crippen molar-refractivity contribution in [3.63, 3.8) is 0 Å². The molecule has 1 aromatic rings. The molecule has 0 aliphatic heterocycles. The number of esters is 1. The molecule has 0 heterocycles. The minimum Gasteiger partial charge on any atom is -0.459 e. The molecule has 0 amide bonds. The molecule has 0 aliphatic carbocycles. The van der Waals surface area contributed by atoms with Crippen LogP contribution in [0.1, 0.15) is 26.3 Å². The van der Waals surface area contributed by atoms with E-state index in [-0.39, 0.29) is 0 Å². The molecule has 1 rings (SSSR count). The Labute approximate surface area is 109 Å². The van der Waals surface area contributed by atoms with Gasteiger partial charge in [-0.25, -0.2) is 13.2 Å². The standard InChI is InChI=1S/C13H16F3NO2/c1-13(2,3)19-12(18)11(17)6-8-9(15)4-7(14)5-10(8)16/h4-5,11H,6,17H2,1-3H3/t11-/m0/s1. The van der Waals surface area contributed by atoms with Crippen molar-refractivity contribution in [2.45, 2.75) is 38.8 Å². The van der Waals surface area contributed by atoms with Crippen LogP contribution in [0.2, 0.25) is 0 Å². The largest absolute Gasteiger partial charge is 0.459 e. The van der Waals surface area contributed by atoms with Gasteiger partial charge in [0.05, 0.1) is 0 Å². The van der Waals surface area contributed by atoms with Crippen molar-refractivity contribution in [1.82, 2.24) is 0 Å². The number of nitrogens with two attached hydrogens (primary N) is 1. The zero-order valence-electron chi connectivity index (χ0n) is 11.0. The molecule has 0 radical (unpaired) electrons. The minimum absolute atomic E-state index is 0.396. The molecule has 1 aromatic carbocycles. The number of hydrogen-bond acceptors (Lipinski definition) is 3. The van der Waals surface area contributed by atoms with E-state index in [1.165, 1.54) is 0 Å². The fraction of sp³-hybridized carbons (Fsp3) is 0.462. The minimum atomic E-state index is -1.21. The molecular formula is C13H16F3NO2. The third kappa shape index (κ3) is 4.55. The van der Waals surface area contributed by atoms with Gasteiger partial charge in [-0.05, 0) is 20.8 Å². The Balaban J connectivity index is 2.83. The van der Waals surface area contributed by atoms with Gasteiger partial charge in [0.25, 0.3) is 0 Å². The number of carbonyl (C=O) groups is 1. The zero-order valence-corrected chi connectivity index (χ0v) is 11.0. The third-order valence-electron chi connectivity index (χ3n) is 2.24. The van der Waals surface area contributed by atoms with Gasteiger partial charge in [-0.1, -0.05) is 0 Å². The van der Waals surface area contributed by atoms with Crippen molar-refractivity contribution in [2.75, 3.05) is 0 Å². The van der Waals surface area contributed by atoms with Crippen LogP contribution >= 0.6 is 0 Å². The average molecular weight is 275 g/mol. The Bertz CT molecular complexity index is 460. The number of hydrogen-bond donors (Lipinski definition) is 1. The number of ether oxygens (including phenoxy) is 1. The monoisotopic (exact) mass is 275 g/mol. The van der Waals surface area contributed by atoms with Crippen molar-refractivity contribution in [1.29, 1.82) is 0 Å². The highest BCUT2D eigenvalue weighted by atomic mass is 19.1. The summed E-state index contributed by atoms with van der Waals surface area (Å²) in [5.74, 6) is -3.94. The van der Waals surface area contributed by atoms with E-state index in [0.29, 0.717) is 12.1 Å². The summed E-state index contributed by atoms with van der Waals surface area (Å²) in [7, 11) is 0. The summed E-state index contributed by atoms with van der Waals surface area (Å²) in [5.41, 5.74) is 4.36. The highest BCUT2D eigenvalue weighted by Crippen LogP contribution is 2.17. The maximum atomic E-state index is 13.4. The average Bonchev–Trinajstić information content (AvgIpc) is 2.20. The van der Waals surface area contributed by atoms with E-state index in [1.54, 1.807) is 20.8 Å². The molecule has 1 atom stereocenters. The molecule has 0 saturated carbocycles. The van der Waals surface area contributed by atoms with Gasteiger partial charge in [-0.15, -0.1) is 0 Å². The maximum Gasteiger partial charge on any atom is 0.323 e. The van der Waals surface area contributed by atoms with Crippen LogP contribution < -0.4 is 5.73 Å². The lowest BCUT2D eigenvalue weighted by Gasteiger charge is -2.22. The van der Waals surface area contributed by atoms with Crippen LogP contribution in [0.25, 0.3) is 0 Å². The first kappa shape index (κ1) is 15.5. The second-order valence-corrected chi connectivity index (χ2v) is 5.19. The number of rotatable bonds is 3. The molecular weight excluding hydrogens is 259 g/mol. The lowest BCUT2D eigenvalue weighted by Crippen LogP contribution is -2.39. The summed E-state index contributed by atoms with van der Waals surface area (Å²) in [6.45, 7) is 4.95. The van der Waals surface area contributed by atoms with Crippen LogP contribution in [0.15, 0.2) is 12.1 Å². The fourth-order valence-corrected chi connectivity index (χ4v) is 1.45. The lowest BCUT2D eigenvalue weighted by atomic mass is 10.0. The van der Waals surface area contributed by atoms with Gasteiger partial charge in [-0.3, -0.25) is 4.79 Å². The first-order valence-electron chi connectivity index (χ1n) is 5.72. The third-order valence-corrected chi connectivity index (χ3v) is 2.24. The predicted octanol–water partition coefficient (Wildman–Crippen LogP) is 2.32. The van der Waals surface area contributed by atoms with Gasteiger partial charge in [0, 0.05) is 24.1 Å². The van der Waals surface area contributed by atoms with E-state index in [0.717, 1.165) is 0 Å². The Kier molecular flexibility index (Phi) is 4.57. The molecule has 0 bridgehead atoms. The van der Waals surface area contributed by atoms with Crippen LogP contribution in [0.5, 0.6) is 0 Å². The molecule has 106 valence electrons. The first-order valence-corrected chi connectivity index (χ1v) is 5.72. The van der Waals surface area contributed by atoms with Gasteiger partial charge >= 0.3 is 5.97 Å². The van der Waals surface area contributed by atoms with Crippen LogP contribution in [0.3, 0.4) is 0 Å². The van der Waals surface area contributed by atoms with Crippen molar-refractivity contribution < 1.29 is 22.7 Å². The Morgan fingerprint density at radius 1 is 1.26 bits per heavy atom. The van der Waals surface area contributed by atoms with Crippen LogP contribution in [-0.2, 0) is 16.0 Å². The molecule has 0 saturated heterocycles. The fourth-order valence-electron chi connectivity index (χ4n) is 1.45. The second-order valence-electron chi connectivity index (χ2n) is 5.19. The highest BCUT2D eigenvalue weighted by molar-refractivity contribution is 5.76. The van der Waals surface area contributed by atoms with Gasteiger partial charge < -0.3 is 10.5 Å². The lowest BCUT2D eigenvalue weighted by molar-refractivity contribution is -0.156. The van der Waals surface area contributed by atoms with E-state index in [2.05, 4.69) is 0 Å². The van der Waals surface area contributed by atoms with Crippen molar-refractivity contribution >= 4 is 5.97 Å². The Morgan fingerprint density at radius 3 is 2.16 bits per heavy atom. The van der Waals surface area contributed by atoms with Crippen LogP contribution in [-0.4, -0.2) is 17.6 Å². The Hall–Kier alpha value is -1.56. The van der Waals surface area contributed by atoms with Gasteiger partial charge in [0.2, 0.25) is 0 Å². The molecule has 2 N–H and O–H groups in total. The molecule has 6 heteroatoms. The second kappa shape index (κ2) is 5.61. The number of benzene rings is 1. The van der Waals surface area contributed by atoms with Gasteiger partial charge in [-0.2, -0.15) is 0 Å². The molecule has 0 unspecified atom stereocenters. The van der Waals surface area contributed by atoms with Gasteiger partial charge in [0.1, 0.15) is 29.1 Å². The SMILES string of the molecule is CC(C)(C)OC(=O)[C@@H](N)Cc1c(F)cc(F)cc1F. The number of carbonyl (C=O) groups excluding carboxylic acids is 1. The molecule has 19 heavy (non-hydrogen) atoms. The summed E-state index contributed by atoms with van der Waals surface area (Å²) >= 11 is 0. The van der Waals surface area contributed by atoms with Crippen LogP contribution in [0.4, 0.5) is 13.2 Å². The summed E-state index contributed by atoms with van der Waals surface area (Å²) in [5, 5.41) is 0. The maximum absolute atomic E-state index is 13.4. The number of halogens is 3. The molecule has 0 aliphatic rings. The topological polar surface area (TPSA) is 52.3 Å². The quantitative estimate of drug-likeness (QED) is 0.861. The molecule has 3 nitrogen and oxygen atoms in total. The molecule has 0 aromatic heterocycles. The van der Waals surface area contributed by atoms with Gasteiger partial charge in [0.15, 0.2) is 0 Å². The van der Waals surface area contributed by atoms with E-state index in [4.69, 9.17) is 10.5 Å². The molecule has 0 spiro atoms. The van der Waals surface area contributed by atoms with E-state index < -0.39 is 47.0 Å². The Morgan fingerprint density at radius 2 is 1.74 bits per heavy atom. The van der Waals surface area contributed by atoms with Crippen molar-refractivity contribution in [3.05, 3.63) is 35.1 Å². The summed E-state index contributed by atoms with van der Waals surface area (Å²) < 4.78 is 44.5. The normalized spacial score (nSPS) is 13.2. The smallest absolute Gasteiger partial charge is 0.323 e. The summed E-state index contributed by atoms with van der Waals surface area (Å²) in [4.78, 5) is 11.6. The molecule has 0 fully saturated rings. The van der Waals surface area contributed by atoms with E-state index in [1.807, 2.05) is 0 Å². The van der Waals surface area contributed by atoms with E-state index >= 15 is 0 Å². The summed E-state index contributed by atoms with van der Waals surface area (Å²) in [6.07, 6.45) is -0.396. The predicted molar refractivity (Wildman–Crippen MR) is 63.8 cm³/mol. The van der Waals surface area contributed by atoms with Crippen LogP contribution in [0, 0.1) is 17.5 Å². The highest BCUT2D eigenvalue weighted by Gasteiger charge is 2.24. The first-order chi connectivity index (χ1) is 8.60. The van der Waals surface area contributed by atoms with Crippen molar-refractivity contribution in [3.8, 4) is 0 Å². The van der Waals surface area contributed by atoms with Crippen molar-refractivity contribution in [2.24, 2.45) is 5.73 Å². The summed E-state index contributed by atoms with van der Waals surface area (Å²) in [6, 6.07) is -0.130. The zero-order chi connectivity index (χ0) is 14.8. The van der Waals surface area contributed by atoms with E-state index in [9.17, 15) is 18.0 Å².